The Bertz CT molecular complexity index is 325. The molecule has 0 heterocycles. The maximum atomic E-state index is 8.66. The maximum Gasteiger partial charge on any atom is 0.114 e. The normalized spacial score (nSPS) is 12.2. The molecular formula is C10H11NS. The van der Waals surface area contributed by atoms with Gasteiger partial charge in [0, 0.05) is 0 Å². The molecular weight excluding hydrogens is 166 g/mol. The van der Waals surface area contributed by atoms with Crippen molar-refractivity contribution in [3.05, 3.63) is 34.9 Å². The van der Waals surface area contributed by atoms with Crippen LogP contribution < -0.4 is 0 Å². The van der Waals surface area contributed by atoms with Gasteiger partial charge in [0.15, 0.2) is 0 Å². The number of hydrogen-bond donors (Lipinski definition) is 1. The van der Waals surface area contributed by atoms with Crippen LogP contribution >= 0.6 is 12.6 Å². The Kier molecular flexibility index (Phi) is 2.78. The number of hydrogen-bond acceptors (Lipinski definition) is 2. The molecule has 1 atom stereocenters. The van der Waals surface area contributed by atoms with Gasteiger partial charge in [0.25, 0.3) is 0 Å². The van der Waals surface area contributed by atoms with E-state index in [9.17, 15) is 0 Å². The predicted molar refractivity (Wildman–Crippen MR) is 53.3 cm³/mol. The molecule has 2 heteroatoms. The van der Waals surface area contributed by atoms with Gasteiger partial charge in [0.2, 0.25) is 0 Å². The zero-order valence-corrected chi connectivity index (χ0v) is 8.10. The smallest absolute Gasteiger partial charge is 0.114 e. The van der Waals surface area contributed by atoms with E-state index in [-0.39, 0.29) is 5.25 Å². The molecule has 1 aromatic rings. The van der Waals surface area contributed by atoms with Crippen LogP contribution in [0.3, 0.4) is 0 Å². The lowest BCUT2D eigenvalue weighted by Gasteiger charge is -2.06. The summed E-state index contributed by atoms with van der Waals surface area (Å²) in [4.78, 5) is 0. The summed E-state index contributed by atoms with van der Waals surface area (Å²) in [5.41, 5.74) is 3.36. The number of aryl methyl sites for hydroxylation is 2. The second-order valence-electron chi connectivity index (χ2n) is 2.89. The topological polar surface area (TPSA) is 23.8 Å². The highest BCUT2D eigenvalue weighted by Crippen LogP contribution is 2.22. The van der Waals surface area contributed by atoms with Crippen LogP contribution in [-0.2, 0) is 0 Å². The molecule has 0 aromatic heterocycles. The van der Waals surface area contributed by atoms with Gasteiger partial charge in [-0.2, -0.15) is 17.9 Å². The predicted octanol–water partition coefficient (Wildman–Crippen LogP) is 2.80. The molecule has 1 nitrogen and oxygen atoms in total. The largest absolute Gasteiger partial charge is 0.197 e. The van der Waals surface area contributed by atoms with Gasteiger partial charge in [0.1, 0.15) is 5.25 Å². The summed E-state index contributed by atoms with van der Waals surface area (Å²) in [5, 5.41) is 8.36. The molecule has 62 valence electrons. The van der Waals surface area contributed by atoms with Crippen molar-refractivity contribution in [2.75, 3.05) is 0 Å². The van der Waals surface area contributed by atoms with Gasteiger partial charge in [-0.25, -0.2) is 0 Å². The van der Waals surface area contributed by atoms with Crippen molar-refractivity contribution in [1.82, 2.24) is 0 Å². The first kappa shape index (κ1) is 9.15. The second kappa shape index (κ2) is 3.64. The molecule has 0 N–H and O–H groups in total. The third-order valence-electron chi connectivity index (χ3n) is 1.84. The van der Waals surface area contributed by atoms with E-state index in [1.807, 2.05) is 26.0 Å². The van der Waals surface area contributed by atoms with Crippen LogP contribution in [0.15, 0.2) is 18.2 Å². The van der Waals surface area contributed by atoms with Crippen molar-refractivity contribution >= 4 is 12.6 Å². The molecule has 1 aromatic carbocycles. The van der Waals surface area contributed by atoms with Crippen LogP contribution in [-0.4, -0.2) is 0 Å². The van der Waals surface area contributed by atoms with E-state index in [4.69, 9.17) is 5.26 Å². The molecule has 0 aliphatic carbocycles. The zero-order chi connectivity index (χ0) is 9.14. The molecule has 0 aliphatic heterocycles. The fourth-order valence-electron chi connectivity index (χ4n) is 1.20. The third-order valence-corrected chi connectivity index (χ3v) is 2.24. The van der Waals surface area contributed by atoms with Gasteiger partial charge in [-0.05, 0) is 25.0 Å². The van der Waals surface area contributed by atoms with Crippen molar-refractivity contribution in [2.24, 2.45) is 0 Å². The Morgan fingerprint density at radius 1 is 1.42 bits per heavy atom. The lowest BCUT2D eigenvalue weighted by molar-refractivity contribution is 1.18. The number of thiol groups is 1. The van der Waals surface area contributed by atoms with Gasteiger partial charge >= 0.3 is 0 Å². The van der Waals surface area contributed by atoms with Crippen LogP contribution in [0.25, 0.3) is 0 Å². The zero-order valence-electron chi connectivity index (χ0n) is 7.20. The standard InChI is InChI=1S/C10H11NS/c1-7-3-4-9(8(2)5-7)10(12)6-11/h3-5,10,12H,1-2H3. The van der Waals surface area contributed by atoms with Crippen LogP contribution in [0.5, 0.6) is 0 Å². The van der Waals surface area contributed by atoms with E-state index in [0.717, 1.165) is 11.1 Å². The summed E-state index contributed by atoms with van der Waals surface area (Å²) in [5.74, 6) is 0. The van der Waals surface area contributed by atoms with Gasteiger partial charge in [-0.15, -0.1) is 0 Å². The average molecular weight is 177 g/mol. The first-order valence-corrected chi connectivity index (χ1v) is 4.31. The minimum Gasteiger partial charge on any atom is -0.197 e. The van der Waals surface area contributed by atoms with Crippen LogP contribution in [0.4, 0.5) is 0 Å². The molecule has 0 saturated carbocycles. The Morgan fingerprint density at radius 3 is 2.58 bits per heavy atom. The van der Waals surface area contributed by atoms with Crippen LogP contribution in [0.1, 0.15) is 21.9 Å². The fourth-order valence-corrected chi connectivity index (χ4v) is 1.49. The number of nitrogens with zero attached hydrogens (tertiary/aromatic N) is 1. The van der Waals surface area contributed by atoms with E-state index in [1.54, 1.807) is 0 Å². The second-order valence-corrected chi connectivity index (χ2v) is 3.41. The summed E-state index contributed by atoms with van der Waals surface area (Å²) in [6, 6.07) is 8.14. The summed E-state index contributed by atoms with van der Waals surface area (Å²) in [7, 11) is 0. The Labute approximate surface area is 78.4 Å². The van der Waals surface area contributed by atoms with Crippen molar-refractivity contribution in [3.8, 4) is 6.07 Å². The average Bonchev–Trinajstić information content (AvgIpc) is 2.03. The minimum atomic E-state index is -0.300. The van der Waals surface area contributed by atoms with Gasteiger partial charge in [-0.1, -0.05) is 23.8 Å². The summed E-state index contributed by atoms with van der Waals surface area (Å²) < 4.78 is 0. The molecule has 1 unspecified atom stereocenters. The van der Waals surface area contributed by atoms with Crippen molar-refractivity contribution < 1.29 is 0 Å². The molecule has 0 radical (unpaired) electrons. The number of nitriles is 1. The minimum absolute atomic E-state index is 0.300. The van der Waals surface area contributed by atoms with Crippen LogP contribution in [0, 0.1) is 25.2 Å². The van der Waals surface area contributed by atoms with Crippen molar-refractivity contribution in [2.45, 2.75) is 19.1 Å². The lowest BCUT2D eigenvalue weighted by Crippen LogP contribution is -1.91. The quantitative estimate of drug-likeness (QED) is 0.655. The van der Waals surface area contributed by atoms with E-state index >= 15 is 0 Å². The van der Waals surface area contributed by atoms with Crippen molar-refractivity contribution in [3.63, 3.8) is 0 Å². The highest BCUT2D eigenvalue weighted by atomic mass is 32.1. The highest BCUT2D eigenvalue weighted by molar-refractivity contribution is 7.80. The van der Waals surface area contributed by atoms with Crippen molar-refractivity contribution in [1.29, 1.82) is 5.26 Å². The fraction of sp³-hybridized carbons (Fsp3) is 0.300. The summed E-state index contributed by atoms with van der Waals surface area (Å²) >= 11 is 4.16. The van der Waals surface area contributed by atoms with E-state index in [2.05, 4.69) is 24.8 Å². The Balaban J connectivity index is 3.11. The Morgan fingerprint density at radius 2 is 2.08 bits per heavy atom. The maximum absolute atomic E-state index is 8.66. The third kappa shape index (κ3) is 1.80. The molecule has 12 heavy (non-hydrogen) atoms. The monoisotopic (exact) mass is 177 g/mol. The molecule has 0 spiro atoms. The first-order chi connectivity index (χ1) is 5.65. The van der Waals surface area contributed by atoms with Crippen LogP contribution in [0.2, 0.25) is 0 Å². The van der Waals surface area contributed by atoms with E-state index < -0.39 is 0 Å². The molecule has 1 rings (SSSR count). The molecule has 0 aliphatic rings. The van der Waals surface area contributed by atoms with E-state index in [0.29, 0.717) is 0 Å². The van der Waals surface area contributed by atoms with Gasteiger partial charge in [0.05, 0.1) is 6.07 Å². The molecule has 0 fully saturated rings. The molecule has 0 bridgehead atoms. The number of rotatable bonds is 1. The highest BCUT2D eigenvalue weighted by Gasteiger charge is 2.06. The van der Waals surface area contributed by atoms with E-state index in [1.165, 1.54) is 5.56 Å². The molecule has 0 amide bonds. The summed E-state index contributed by atoms with van der Waals surface area (Å²) in [6.07, 6.45) is 0. The summed E-state index contributed by atoms with van der Waals surface area (Å²) in [6.45, 7) is 4.04. The number of benzene rings is 1. The first-order valence-electron chi connectivity index (χ1n) is 3.80. The van der Waals surface area contributed by atoms with Gasteiger partial charge < -0.3 is 0 Å². The molecule has 0 saturated heterocycles. The SMILES string of the molecule is Cc1ccc(C(S)C#N)c(C)c1. The van der Waals surface area contributed by atoms with Gasteiger partial charge in [-0.3, -0.25) is 0 Å². The Hall–Kier alpha value is -0.940. The lowest BCUT2D eigenvalue weighted by atomic mass is 10.0.